The molecule has 4 fully saturated rings. The van der Waals surface area contributed by atoms with Crippen molar-refractivity contribution in [3.63, 3.8) is 0 Å². The van der Waals surface area contributed by atoms with Gasteiger partial charge in [-0.15, -0.1) is 0 Å². The van der Waals surface area contributed by atoms with Crippen LogP contribution in [0.1, 0.15) is 105 Å². The Morgan fingerprint density at radius 2 is 1.70 bits per heavy atom. The van der Waals surface area contributed by atoms with Gasteiger partial charge in [0.2, 0.25) is 0 Å². The van der Waals surface area contributed by atoms with Crippen LogP contribution in [0, 0.1) is 46.3 Å². The molecule has 0 aliphatic heterocycles. The summed E-state index contributed by atoms with van der Waals surface area (Å²) in [6.45, 7) is 11.0. The van der Waals surface area contributed by atoms with Gasteiger partial charge >= 0.3 is 0 Å². The molecule has 0 radical (unpaired) electrons. The summed E-state index contributed by atoms with van der Waals surface area (Å²) >= 11 is 0. The molecule has 4 saturated carbocycles. The van der Waals surface area contributed by atoms with Crippen molar-refractivity contribution in [2.24, 2.45) is 46.3 Å². The van der Waals surface area contributed by atoms with Gasteiger partial charge in [0.1, 0.15) is 5.78 Å². The molecule has 4 rings (SSSR count). The predicted molar refractivity (Wildman–Crippen MR) is 121 cm³/mol. The van der Waals surface area contributed by atoms with Crippen molar-refractivity contribution >= 4 is 5.78 Å². The molecule has 0 spiro atoms. The summed E-state index contributed by atoms with van der Waals surface area (Å²) in [5.74, 6) is 5.04. The van der Waals surface area contributed by atoms with E-state index in [2.05, 4.69) is 20.8 Å². The van der Waals surface area contributed by atoms with Crippen molar-refractivity contribution in [1.82, 2.24) is 0 Å². The summed E-state index contributed by atoms with van der Waals surface area (Å²) in [5, 5.41) is 20.4. The van der Waals surface area contributed by atoms with Crippen LogP contribution in [-0.2, 0) is 4.79 Å². The first kappa shape index (κ1) is 22.8. The smallest absolute Gasteiger partial charge is 0.133 e. The molecule has 4 aliphatic carbocycles. The van der Waals surface area contributed by atoms with E-state index < -0.39 is 11.7 Å². The fourth-order valence-electron chi connectivity index (χ4n) is 9.00. The van der Waals surface area contributed by atoms with Crippen molar-refractivity contribution in [2.75, 3.05) is 0 Å². The lowest BCUT2D eigenvalue weighted by Gasteiger charge is -2.60. The van der Waals surface area contributed by atoms with Crippen molar-refractivity contribution in [3.05, 3.63) is 0 Å². The van der Waals surface area contributed by atoms with Crippen LogP contribution in [0.5, 0.6) is 0 Å². The minimum atomic E-state index is -1.00. The summed E-state index contributed by atoms with van der Waals surface area (Å²) in [4.78, 5) is 12.1. The molecule has 0 aromatic carbocycles. The first-order valence-electron chi connectivity index (χ1n) is 12.9. The van der Waals surface area contributed by atoms with Crippen LogP contribution in [0.3, 0.4) is 0 Å². The molecular weight excluding hydrogens is 372 g/mol. The van der Waals surface area contributed by atoms with Gasteiger partial charge in [-0.05, 0) is 118 Å². The van der Waals surface area contributed by atoms with Crippen LogP contribution in [-0.4, -0.2) is 27.7 Å². The Hall–Kier alpha value is -0.410. The van der Waals surface area contributed by atoms with Gasteiger partial charge < -0.3 is 10.2 Å². The van der Waals surface area contributed by atoms with Crippen LogP contribution in [0.25, 0.3) is 0 Å². The van der Waals surface area contributed by atoms with Crippen LogP contribution in [0.15, 0.2) is 0 Å². The highest BCUT2D eigenvalue weighted by Gasteiger charge is 2.60. The predicted octanol–water partition coefficient (Wildman–Crippen LogP) is 5.76. The van der Waals surface area contributed by atoms with E-state index in [9.17, 15) is 15.0 Å². The standard InChI is InChI=1S/C27H46O3/c1-17(6-11-24(29)25(2,3)30)21-9-10-22-20-8-7-18-16-19(28)12-14-26(18,4)23(20)13-15-27(21,22)5/h17-18,20-24,29-30H,6-16H2,1-5H3/t17-,18-,20+,21-,22+,23+,24+,26+,27-/m1/s1. The molecule has 3 heteroatoms. The fourth-order valence-corrected chi connectivity index (χ4v) is 9.00. The number of hydrogen-bond donors (Lipinski definition) is 2. The second-order valence-corrected chi connectivity index (χ2v) is 12.9. The summed E-state index contributed by atoms with van der Waals surface area (Å²) in [6, 6.07) is 0. The maximum absolute atomic E-state index is 12.1. The lowest BCUT2D eigenvalue weighted by molar-refractivity contribution is -0.140. The molecule has 3 nitrogen and oxygen atoms in total. The third-order valence-electron chi connectivity index (χ3n) is 11.0. The molecule has 4 aliphatic rings. The third-order valence-corrected chi connectivity index (χ3v) is 11.0. The molecule has 0 bridgehead atoms. The SMILES string of the molecule is C[C@H](CC[C@H](O)C(C)(C)O)[C@H]1CC[C@H]2[C@@H]3CC[C@@H]4CC(=O)CC[C@]4(C)[C@H]3CC[C@]12C. The highest BCUT2D eigenvalue weighted by molar-refractivity contribution is 5.79. The number of carbonyl (C=O) groups excluding carboxylic acids is 1. The molecule has 0 saturated heterocycles. The summed E-state index contributed by atoms with van der Waals surface area (Å²) in [5.41, 5.74) is -0.165. The van der Waals surface area contributed by atoms with Crippen molar-refractivity contribution in [3.8, 4) is 0 Å². The summed E-state index contributed by atoms with van der Waals surface area (Å²) in [7, 11) is 0. The summed E-state index contributed by atoms with van der Waals surface area (Å²) in [6.07, 6.45) is 11.9. The zero-order valence-corrected chi connectivity index (χ0v) is 20.1. The molecule has 0 heterocycles. The first-order valence-corrected chi connectivity index (χ1v) is 12.9. The number of hydrogen-bond acceptors (Lipinski definition) is 3. The molecular formula is C27H46O3. The lowest BCUT2D eigenvalue weighted by Crippen LogP contribution is -2.53. The molecule has 2 N–H and O–H groups in total. The normalized spacial score (nSPS) is 46.0. The quantitative estimate of drug-likeness (QED) is 0.596. The zero-order valence-electron chi connectivity index (χ0n) is 20.1. The van der Waals surface area contributed by atoms with E-state index in [1.165, 1.54) is 38.5 Å². The van der Waals surface area contributed by atoms with Crippen LogP contribution < -0.4 is 0 Å². The topological polar surface area (TPSA) is 57.5 Å². The average Bonchev–Trinajstić information content (AvgIpc) is 3.03. The molecule has 9 atom stereocenters. The number of rotatable bonds is 5. The maximum Gasteiger partial charge on any atom is 0.133 e. The number of fused-ring (bicyclic) bond motifs is 5. The minimum Gasteiger partial charge on any atom is -0.390 e. The monoisotopic (exact) mass is 418 g/mol. The number of Topliss-reactive ketones (excluding diaryl/α,β-unsaturated/α-hetero) is 1. The van der Waals surface area contributed by atoms with Crippen molar-refractivity contribution < 1.29 is 15.0 Å². The number of aliphatic hydroxyl groups excluding tert-OH is 1. The highest BCUT2D eigenvalue weighted by Crippen LogP contribution is 2.68. The van der Waals surface area contributed by atoms with E-state index in [1.807, 2.05) is 0 Å². The van der Waals surface area contributed by atoms with Crippen LogP contribution in [0.2, 0.25) is 0 Å². The Labute approximate surface area is 184 Å². The second-order valence-electron chi connectivity index (χ2n) is 12.9. The molecule has 0 aromatic heterocycles. The van der Waals surface area contributed by atoms with Gasteiger partial charge in [-0.2, -0.15) is 0 Å². The highest BCUT2D eigenvalue weighted by atomic mass is 16.3. The van der Waals surface area contributed by atoms with Crippen molar-refractivity contribution in [2.45, 2.75) is 117 Å². The van der Waals surface area contributed by atoms with E-state index in [1.54, 1.807) is 13.8 Å². The number of aliphatic hydroxyl groups is 2. The van der Waals surface area contributed by atoms with Gasteiger partial charge in [0, 0.05) is 12.8 Å². The first-order chi connectivity index (χ1) is 14.0. The minimum absolute atomic E-state index is 0.401. The Kier molecular flexibility index (Phi) is 5.97. The van der Waals surface area contributed by atoms with Crippen LogP contribution >= 0.6 is 0 Å². The van der Waals surface area contributed by atoms with Gasteiger partial charge in [0.05, 0.1) is 11.7 Å². The van der Waals surface area contributed by atoms with Gasteiger partial charge in [0.15, 0.2) is 0 Å². The molecule has 30 heavy (non-hydrogen) atoms. The van der Waals surface area contributed by atoms with E-state index in [4.69, 9.17) is 0 Å². The lowest BCUT2D eigenvalue weighted by atomic mass is 9.44. The van der Waals surface area contributed by atoms with E-state index >= 15 is 0 Å². The molecule has 0 aromatic rings. The summed E-state index contributed by atoms with van der Waals surface area (Å²) < 4.78 is 0. The molecule has 172 valence electrons. The molecule has 0 unspecified atom stereocenters. The van der Waals surface area contributed by atoms with Gasteiger partial charge in [-0.25, -0.2) is 0 Å². The zero-order chi connectivity index (χ0) is 21.9. The van der Waals surface area contributed by atoms with Gasteiger partial charge in [-0.3, -0.25) is 4.79 Å². The second kappa shape index (κ2) is 7.87. The Balaban J connectivity index is 1.45. The van der Waals surface area contributed by atoms with Gasteiger partial charge in [-0.1, -0.05) is 20.8 Å². The average molecular weight is 419 g/mol. The van der Waals surface area contributed by atoms with E-state index in [0.717, 1.165) is 49.4 Å². The largest absolute Gasteiger partial charge is 0.390 e. The van der Waals surface area contributed by atoms with Gasteiger partial charge in [0.25, 0.3) is 0 Å². The third kappa shape index (κ3) is 3.70. The number of ketones is 1. The Morgan fingerprint density at radius 3 is 2.40 bits per heavy atom. The van der Waals surface area contributed by atoms with E-state index in [-0.39, 0.29) is 0 Å². The van der Waals surface area contributed by atoms with E-state index in [0.29, 0.717) is 34.9 Å². The Morgan fingerprint density at radius 1 is 1.00 bits per heavy atom. The Bertz CT molecular complexity index is 651. The molecule has 0 amide bonds. The van der Waals surface area contributed by atoms with Crippen molar-refractivity contribution in [1.29, 1.82) is 0 Å². The fraction of sp³-hybridized carbons (Fsp3) is 0.963. The van der Waals surface area contributed by atoms with Crippen LogP contribution in [0.4, 0.5) is 0 Å². The maximum atomic E-state index is 12.1. The number of carbonyl (C=O) groups is 1.